The highest BCUT2D eigenvalue weighted by molar-refractivity contribution is 5.55. The van der Waals surface area contributed by atoms with Gasteiger partial charge in [0, 0.05) is 0 Å². The van der Waals surface area contributed by atoms with Crippen LogP contribution in [-0.4, -0.2) is 35.8 Å². The van der Waals surface area contributed by atoms with Gasteiger partial charge in [-0.1, -0.05) is 24.3 Å². The van der Waals surface area contributed by atoms with Gasteiger partial charge in [0.1, 0.15) is 6.10 Å². The van der Waals surface area contributed by atoms with Gasteiger partial charge in [-0.3, -0.25) is 0 Å². The first-order valence-electron chi connectivity index (χ1n) is 7.70. The summed E-state index contributed by atoms with van der Waals surface area (Å²) in [6.07, 6.45) is 0.928. The molecule has 0 aliphatic heterocycles. The van der Waals surface area contributed by atoms with Crippen molar-refractivity contribution in [3.05, 3.63) is 53.6 Å². The van der Waals surface area contributed by atoms with E-state index >= 15 is 0 Å². The number of phenols is 1. The second-order valence-electron chi connectivity index (χ2n) is 5.29. The summed E-state index contributed by atoms with van der Waals surface area (Å²) < 4.78 is 15.7. The van der Waals surface area contributed by atoms with Crippen LogP contribution in [0.25, 0.3) is 6.08 Å². The van der Waals surface area contributed by atoms with Crippen LogP contribution in [0, 0.1) is 0 Å². The highest BCUT2D eigenvalue weighted by atomic mass is 16.6. The van der Waals surface area contributed by atoms with E-state index in [2.05, 4.69) is 0 Å². The van der Waals surface area contributed by atoms with Crippen LogP contribution in [0.5, 0.6) is 23.0 Å². The van der Waals surface area contributed by atoms with E-state index in [-0.39, 0.29) is 11.5 Å². The lowest BCUT2D eigenvalue weighted by molar-refractivity contribution is -0.106. The monoisotopic (exact) mass is 346 g/mol. The van der Waals surface area contributed by atoms with E-state index in [1.54, 1.807) is 18.2 Å². The van der Waals surface area contributed by atoms with Crippen molar-refractivity contribution in [2.24, 2.45) is 0 Å². The Morgan fingerprint density at radius 3 is 2.28 bits per heavy atom. The first-order chi connectivity index (χ1) is 12.0. The van der Waals surface area contributed by atoms with Crippen molar-refractivity contribution in [3.8, 4) is 23.0 Å². The van der Waals surface area contributed by atoms with Crippen molar-refractivity contribution >= 4 is 6.08 Å². The second kappa shape index (κ2) is 8.41. The summed E-state index contributed by atoms with van der Waals surface area (Å²) in [6, 6.07) is 9.50. The first kappa shape index (κ1) is 18.6. The summed E-state index contributed by atoms with van der Waals surface area (Å²) in [4.78, 5) is 0. The van der Waals surface area contributed by atoms with Crippen LogP contribution in [0.15, 0.2) is 42.5 Å². The summed E-state index contributed by atoms with van der Waals surface area (Å²) in [5.41, 5.74) is 1.26. The van der Waals surface area contributed by atoms with Gasteiger partial charge in [0.05, 0.1) is 14.2 Å². The highest BCUT2D eigenvalue weighted by Gasteiger charge is 2.23. The van der Waals surface area contributed by atoms with Crippen LogP contribution in [0.3, 0.4) is 0 Å². The number of phenolic OH excluding ortho intramolecular Hbond substituents is 1. The molecule has 2 rings (SSSR count). The topological polar surface area (TPSA) is 88.4 Å². The number of hydrogen-bond acceptors (Lipinski definition) is 6. The van der Waals surface area contributed by atoms with E-state index in [4.69, 9.17) is 14.2 Å². The van der Waals surface area contributed by atoms with E-state index in [9.17, 15) is 15.3 Å². The summed E-state index contributed by atoms with van der Waals surface area (Å²) in [5.74, 6) is 0.866. The SMILES string of the molecule is C/C=C/c1ccc(O[C@H](O)[C@@H](O)c2ccc(O)c(OC)c2)c(OC)c1. The number of benzene rings is 2. The van der Waals surface area contributed by atoms with Crippen LogP contribution < -0.4 is 14.2 Å². The van der Waals surface area contributed by atoms with Crippen LogP contribution in [-0.2, 0) is 0 Å². The number of aliphatic hydroxyl groups is 2. The van der Waals surface area contributed by atoms with Gasteiger partial charge in [-0.25, -0.2) is 0 Å². The van der Waals surface area contributed by atoms with Gasteiger partial charge in [0.25, 0.3) is 0 Å². The Hall–Kier alpha value is -2.70. The quantitative estimate of drug-likeness (QED) is 0.668. The maximum atomic E-state index is 10.3. The molecular formula is C19H22O6. The average Bonchev–Trinajstić information content (AvgIpc) is 2.62. The molecule has 6 nitrogen and oxygen atoms in total. The first-order valence-corrected chi connectivity index (χ1v) is 7.70. The summed E-state index contributed by atoms with van der Waals surface area (Å²) in [5, 5.41) is 30.1. The zero-order valence-corrected chi connectivity index (χ0v) is 14.3. The molecule has 2 aromatic rings. The maximum Gasteiger partial charge on any atom is 0.228 e. The van der Waals surface area contributed by atoms with Gasteiger partial charge >= 0.3 is 0 Å². The number of methoxy groups -OCH3 is 2. The summed E-state index contributed by atoms with van der Waals surface area (Å²) >= 11 is 0. The zero-order valence-electron chi connectivity index (χ0n) is 14.3. The molecule has 0 bridgehead atoms. The summed E-state index contributed by atoms with van der Waals surface area (Å²) in [7, 11) is 2.89. The molecule has 0 fully saturated rings. The fourth-order valence-corrected chi connectivity index (χ4v) is 2.32. The van der Waals surface area contributed by atoms with E-state index in [0.717, 1.165) is 5.56 Å². The molecule has 2 aromatic carbocycles. The molecule has 6 heteroatoms. The van der Waals surface area contributed by atoms with Gasteiger partial charge < -0.3 is 29.5 Å². The van der Waals surface area contributed by atoms with Gasteiger partial charge in [0.15, 0.2) is 23.0 Å². The Bertz CT molecular complexity index is 741. The molecule has 134 valence electrons. The molecular weight excluding hydrogens is 324 g/mol. The molecule has 0 amide bonds. The van der Waals surface area contributed by atoms with Gasteiger partial charge in [-0.15, -0.1) is 0 Å². The average molecular weight is 346 g/mol. The third-order valence-corrected chi connectivity index (χ3v) is 3.61. The normalized spacial score (nSPS) is 13.5. The zero-order chi connectivity index (χ0) is 18.4. The predicted octanol–water partition coefficient (Wildman–Crippen LogP) is 2.87. The molecule has 0 saturated carbocycles. The van der Waals surface area contributed by atoms with E-state index in [1.165, 1.54) is 32.4 Å². The van der Waals surface area contributed by atoms with Crippen LogP contribution in [0.2, 0.25) is 0 Å². The van der Waals surface area contributed by atoms with Crippen molar-refractivity contribution in [1.29, 1.82) is 0 Å². The van der Waals surface area contributed by atoms with Crippen molar-refractivity contribution < 1.29 is 29.5 Å². The molecule has 0 radical (unpaired) electrons. The van der Waals surface area contributed by atoms with Gasteiger partial charge in [-0.2, -0.15) is 0 Å². The fraction of sp³-hybridized carbons (Fsp3) is 0.263. The molecule has 0 heterocycles. The smallest absolute Gasteiger partial charge is 0.228 e. The van der Waals surface area contributed by atoms with Crippen molar-refractivity contribution in [2.75, 3.05) is 14.2 Å². The van der Waals surface area contributed by atoms with E-state index < -0.39 is 12.4 Å². The Balaban J connectivity index is 2.19. The predicted molar refractivity (Wildman–Crippen MR) is 94.0 cm³/mol. The van der Waals surface area contributed by atoms with Crippen LogP contribution in [0.4, 0.5) is 0 Å². The minimum Gasteiger partial charge on any atom is -0.504 e. The van der Waals surface area contributed by atoms with E-state index in [1.807, 2.05) is 19.1 Å². The molecule has 3 N–H and O–H groups in total. The maximum absolute atomic E-state index is 10.3. The van der Waals surface area contributed by atoms with Crippen molar-refractivity contribution in [3.63, 3.8) is 0 Å². The van der Waals surface area contributed by atoms with Crippen molar-refractivity contribution in [2.45, 2.75) is 19.3 Å². The molecule has 0 unspecified atom stereocenters. The van der Waals surface area contributed by atoms with Crippen LogP contribution >= 0.6 is 0 Å². The summed E-state index contributed by atoms with van der Waals surface area (Å²) in [6.45, 7) is 1.91. The molecule has 2 atom stereocenters. The standard InChI is InChI=1S/C19H22O6/c1-4-5-12-6-9-15(17(10-12)24-3)25-19(22)18(21)13-7-8-14(20)16(11-13)23-2/h4-11,18-22H,1-3H3/b5-4+/t18-,19-/m0/s1. The number of aliphatic hydroxyl groups excluding tert-OH is 2. The minimum absolute atomic E-state index is 0.0601. The van der Waals surface area contributed by atoms with Gasteiger partial charge in [-0.05, 0) is 42.3 Å². The molecule has 0 aliphatic rings. The molecule has 25 heavy (non-hydrogen) atoms. The molecule has 0 spiro atoms. The number of allylic oxidation sites excluding steroid dienone is 1. The highest BCUT2D eigenvalue weighted by Crippen LogP contribution is 2.33. The third-order valence-electron chi connectivity index (χ3n) is 3.61. The Kier molecular flexibility index (Phi) is 6.27. The lowest BCUT2D eigenvalue weighted by atomic mass is 10.1. The Morgan fingerprint density at radius 2 is 1.64 bits per heavy atom. The lowest BCUT2D eigenvalue weighted by Crippen LogP contribution is -2.25. The van der Waals surface area contributed by atoms with Crippen molar-refractivity contribution in [1.82, 2.24) is 0 Å². The van der Waals surface area contributed by atoms with Gasteiger partial charge in [0.2, 0.25) is 6.29 Å². The Labute approximate surface area is 146 Å². The number of ether oxygens (including phenoxy) is 3. The lowest BCUT2D eigenvalue weighted by Gasteiger charge is -2.21. The molecule has 0 aromatic heterocycles. The third kappa shape index (κ3) is 4.43. The molecule has 0 aliphatic carbocycles. The Morgan fingerprint density at radius 1 is 0.920 bits per heavy atom. The number of rotatable bonds is 7. The second-order valence-corrected chi connectivity index (χ2v) is 5.29. The molecule has 0 saturated heterocycles. The fourth-order valence-electron chi connectivity index (χ4n) is 2.32. The van der Waals surface area contributed by atoms with Crippen LogP contribution in [0.1, 0.15) is 24.2 Å². The number of aromatic hydroxyl groups is 1. The number of hydrogen-bond donors (Lipinski definition) is 3. The van der Waals surface area contributed by atoms with E-state index in [0.29, 0.717) is 17.1 Å². The minimum atomic E-state index is -1.53. The largest absolute Gasteiger partial charge is 0.504 e.